The summed E-state index contributed by atoms with van der Waals surface area (Å²) in [4.78, 5) is 0. The standard InChI is InChI=1S/C17H20BrNO/c1-12(2)14-6-4-5-7-16(14)20-17-9-8-13(11-19-3)10-15(17)18/h4-10,12,19H,11H2,1-3H3. The minimum atomic E-state index is 0.438. The van der Waals surface area contributed by atoms with Crippen LogP contribution in [0, 0.1) is 0 Å². The van der Waals surface area contributed by atoms with E-state index in [1.54, 1.807) is 0 Å². The first-order valence-electron chi connectivity index (χ1n) is 6.81. The maximum atomic E-state index is 6.07. The number of hydrogen-bond donors (Lipinski definition) is 1. The number of hydrogen-bond acceptors (Lipinski definition) is 2. The average molecular weight is 334 g/mol. The Morgan fingerprint density at radius 2 is 1.85 bits per heavy atom. The van der Waals surface area contributed by atoms with Crippen LogP contribution in [0.5, 0.6) is 11.5 Å². The van der Waals surface area contributed by atoms with E-state index in [9.17, 15) is 0 Å². The molecule has 0 saturated carbocycles. The fourth-order valence-corrected chi connectivity index (χ4v) is 2.62. The van der Waals surface area contributed by atoms with Gasteiger partial charge in [0.2, 0.25) is 0 Å². The number of para-hydroxylation sites is 1. The van der Waals surface area contributed by atoms with Crippen LogP contribution in [0.4, 0.5) is 0 Å². The molecule has 0 aromatic heterocycles. The number of halogens is 1. The molecular formula is C17H20BrNO. The quantitative estimate of drug-likeness (QED) is 0.823. The van der Waals surface area contributed by atoms with E-state index < -0.39 is 0 Å². The molecule has 0 saturated heterocycles. The molecule has 0 bridgehead atoms. The van der Waals surface area contributed by atoms with Crippen LogP contribution < -0.4 is 10.1 Å². The van der Waals surface area contributed by atoms with Crippen LogP contribution in [0.3, 0.4) is 0 Å². The van der Waals surface area contributed by atoms with E-state index in [2.05, 4.69) is 53.3 Å². The van der Waals surface area contributed by atoms with E-state index in [1.165, 1.54) is 11.1 Å². The molecule has 20 heavy (non-hydrogen) atoms. The van der Waals surface area contributed by atoms with E-state index >= 15 is 0 Å². The van der Waals surface area contributed by atoms with E-state index in [1.807, 2.05) is 31.3 Å². The summed E-state index contributed by atoms with van der Waals surface area (Å²) < 4.78 is 7.04. The molecule has 2 rings (SSSR count). The van der Waals surface area contributed by atoms with Crippen molar-refractivity contribution in [1.29, 1.82) is 0 Å². The molecule has 2 aromatic rings. The van der Waals surface area contributed by atoms with E-state index in [4.69, 9.17) is 4.74 Å². The van der Waals surface area contributed by atoms with Gasteiger partial charge in [-0.2, -0.15) is 0 Å². The molecule has 0 aliphatic heterocycles. The predicted octanol–water partition coefficient (Wildman–Crippen LogP) is 5.08. The molecule has 2 aromatic carbocycles. The zero-order valence-corrected chi connectivity index (χ0v) is 13.7. The molecular weight excluding hydrogens is 314 g/mol. The third-order valence-corrected chi connectivity index (χ3v) is 3.76. The first-order chi connectivity index (χ1) is 9.61. The van der Waals surface area contributed by atoms with Crippen LogP contribution in [0.1, 0.15) is 30.9 Å². The van der Waals surface area contributed by atoms with Crippen molar-refractivity contribution >= 4 is 15.9 Å². The Morgan fingerprint density at radius 3 is 2.50 bits per heavy atom. The van der Waals surface area contributed by atoms with Gasteiger partial charge in [0, 0.05) is 6.54 Å². The summed E-state index contributed by atoms with van der Waals surface area (Å²) in [7, 11) is 1.94. The summed E-state index contributed by atoms with van der Waals surface area (Å²) in [5.41, 5.74) is 2.45. The lowest BCUT2D eigenvalue weighted by Crippen LogP contribution is -2.04. The fraction of sp³-hybridized carbons (Fsp3) is 0.294. The molecule has 106 valence electrons. The van der Waals surface area contributed by atoms with Crippen LogP contribution in [-0.2, 0) is 6.54 Å². The highest BCUT2D eigenvalue weighted by atomic mass is 79.9. The van der Waals surface area contributed by atoms with Gasteiger partial charge >= 0.3 is 0 Å². The Labute approximate surface area is 129 Å². The Morgan fingerprint density at radius 1 is 1.10 bits per heavy atom. The molecule has 0 fully saturated rings. The summed E-state index contributed by atoms with van der Waals surface area (Å²) in [5.74, 6) is 2.20. The van der Waals surface area contributed by atoms with Gasteiger partial charge in [0.15, 0.2) is 0 Å². The Balaban J connectivity index is 2.26. The highest BCUT2D eigenvalue weighted by Crippen LogP contribution is 2.34. The van der Waals surface area contributed by atoms with Crippen molar-refractivity contribution in [3.63, 3.8) is 0 Å². The lowest BCUT2D eigenvalue weighted by atomic mass is 10.0. The minimum absolute atomic E-state index is 0.438. The molecule has 0 unspecified atom stereocenters. The maximum absolute atomic E-state index is 6.07. The molecule has 0 atom stereocenters. The lowest BCUT2D eigenvalue weighted by molar-refractivity contribution is 0.470. The van der Waals surface area contributed by atoms with Crippen molar-refractivity contribution < 1.29 is 4.74 Å². The smallest absolute Gasteiger partial charge is 0.141 e. The zero-order chi connectivity index (χ0) is 14.5. The first-order valence-corrected chi connectivity index (χ1v) is 7.61. The molecule has 0 aliphatic rings. The van der Waals surface area contributed by atoms with Crippen molar-refractivity contribution in [2.75, 3.05) is 7.05 Å². The molecule has 3 heteroatoms. The summed E-state index contributed by atoms with van der Waals surface area (Å²) in [6.07, 6.45) is 0. The van der Waals surface area contributed by atoms with Crippen LogP contribution in [0.25, 0.3) is 0 Å². The van der Waals surface area contributed by atoms with Gasteiger partial charge < -0.3 is 10.1 Å². The zero-order valence-electron chi connectivity index (χ0n) is 12.1. The second kappa shape index (κ2) is 6.91. The third kappa shape index (κ3) is 3.62. The molecule has 0 amide bonds. The second-order valence-electron chi connectivity index (χ2n) is 5.09. The second-order valence-corrected chi connectivity index (χ2v) is 5.94. The normalized spacial score (nSPS) is 10.8. The van der Waals surface area contributed by atoms with Crippen LogP contribution >= 0.6 is 15.9 Å². The number of ether oxygens (including phenoxy) is 1. The summed E-state index contributed by atoms with van der Waals surface area (Å²) in [6.45, 7) is 5.20. The molecule has 0 spiro atoms. The largest absolute Gasteiger partial charge is 0.456 e. The summed E-state index contributed by atoms with van der Waals surface area (Å²) in [6, 6.07) is 14.4. The first kappa shape index (κ1) is 15.1. The van der Waals surface area contributed by atoms with Crippen molar-refractivity contribution in [1.82, 2.24) is 5.32 Å². The van der Waals surface area contributed by atoms with Gasteiger partial charge in [0.25, 0.3) is 0 Å². The monoisotopic (exact) mass is 333 g/mol. The summed E-state index contributed by atoms with van der Waals surface area (Å²) in [5, 5.41) is 3.14. The van der Waals surface area contributed by atoms with E-state index in [0.29, 0.717) is 5.92 Å². The van der Waals surface area contributed by atoms with Crippen molar-refractivity contribution in [3.8, 4) is 11.5 Å². The van der Waals surface area contributed by atoms with Gasteiger partial charge in [0.1, 0.15) is 11.5 Å². The molecule has 2 nitrogen and oxygen atoms in total. The van der Waals surface area contributed by atoms with Crippen LogP contribution in [0.15, 0.2) is 46.9 Å². The third-order valence-electron chi connectivity index (χ3n) is 3.14. The van der Waals surface area contributed by atoms with Crippen LogP contribution in [-0.4, -0.2) is 7.05 Å². The Kier molecular flexibility index (Phi) is 5.21. The topological polar surface area (TPSA) is 21.3 Å². The van der Waals surface area contributed by atoms with Gasteiger partial charge in [-0.25, -0.2) is 0 Å². The van der Waals surface area contributed by atoms with E-state index in [-0.39, 0.29) is 0 Å². The molecule has 0 heterocycles. The highest BCUT2D eigenvalue weighted by molar-refractivity contribution is 9.10. The van der Waals surface area contributed by atoms with Crippen molar-refractivity contribution in [3.05, 3.63) is 58.1 Å². The number of benzene rings is 2. The minimum Gasteiger partial charge on any atom is -0.456 e. The summed E-state index contributed by atoms with van der Waals surface area (Å²) >= 11 is 3.58. The SMILES string of the molecule is CNCc1ccc(Oc2ccccc2C(C)C)c(Br)c1. The lowest BCUT2D eigenvalue weighted by Gasteiger charge is -2.15. The van der Waals surface area contributed by atoms with Gasteiger partial charge in [0.05, 0.1) is 4.47 Å². The molecule has 0 radical (unpaired) electrons. The highest BCUT2D eigenvalue weighted by Gasteiger charge is 2.10. The predicted molar refractivity (Wildman–Crippen MR) is 87.5 cm³/mol. The van der Waals surface area contributed by atoms with E-state index in [0.717, 1.165) is 22.5 Å². The molecule has 1 N–H and O–H groups in total. The van der Waals surface area contributed by atoms with Crippen molar-refractivity contribution in [2.45, 2.75) is 26.3 Å². The average Bonchev–Trinajstić information content (AvgIpc) is 2.42. The van der Waals surface area contributed by atoms with Gasteiger partial charge in [-0.15, -0.1) is 0 Å². The number of rotatable bonds is 5. The van der Waals surface area contributed by atoms with Gasteiger partial charge in [-0.3, -0.25) is 0 Å². The maximum Gasteiger partial charge on any atom is 0.141 e. The molecule has 0 aliphatic carbocycles. The van der Waals surface area contributed by atoms with Gasteiger partial charge in [-0.05, 0) is 58.2 Å². The Hall–Kier alpha value is -1.32. The number of nitrogens with one attached hydrogen (secondary N) is 1. The van der Waals surface area contributed by atoms with Crippen molar-refractivity contribution in [2.24, 2.45) is 0 Å². The Bertz CT molecular complexity index is 581. The van der Waals surface area contributed by atoms with Crippen LogP contribution in [0.2, 0.25) is 0 Å². The fourth-order valence-electron chi connectivity index (χ4n) is 2.11. The van der Waals surface area contributed by atoms with Gasteiger partial charge in [-0.1, -0.05) is 38.1 Å².